The van der Waals surface area contributed by atoms with Crippen LogP contribution < -0.4 is 0 Å². The van der Waals surface area contributed by atoms with Crippen LogP contribution in [-0.2, 0) is 0 Å². The van der Waals surface area contributed by atoms with Gasteiger partial charge in [-0.2, -0.15) is 0 Å². The molecule has 0 saturated heterocycles. The van der Waals surface area contributed by atoms with Gasteiger partial charge in [0.05, 0.1) is 11.7 Å². The van der Waals surface area contributed by atoms with E-state index in [4.69, 9.17) is 0 Å². The number of pyridine rings is 1. The van der Waals surface area contributed by atoms with Gasteiger partial charge < -0.3 is 0 Å². The summed E-state index contributed by atoms with van der Waals surface area (Å²) >= 11 is 0. The van der Waals surface area contributed by atoms with Crippen molar-refractivity contribution in [2.45, 2.75) is 0 Å². The van der Waals surface area contributed by atoms with Gasteiger partial charge in [-0.1, -0.05) is 6.07 Å². The molecule has 1 aromatic heterocycles. The fraction of sp³-hybridized carbons (Fsp3) is 0. The molecule has 0 amide bonds. The van der Waals surface area contributed by atoms with Crippen molar-refractivity contribution in [2.24, 2.45) is 0 Å². The summed E-state index contributed by atoms with van der Waals surface area (Å²) < 4.78 is 12.6. The molecule has 1 heterocycles. The summed E-state index contributed by atoms with van der Waals surface area (Å²) in [4.78, 5) is 3.89. The Morgan fingerprint density at radius 3 is 3.27 bits per heavy atom. The number of benzene rings is 1. The van der Waals surface area contributed by atoms with Crippen LogP contribution >= 0.6 is 0 Å². The Kier molecular flexibility index (Phi) is 1.32. The molecule has 1 radical (unpaired) electrons. The van der Waals surface area contributed by atoms with E-state index in [1.54, 1.807) is 18.2 Å². The number of hydrogen-bond donors (Lipinski definition) is 0. The maximum absolute atomic E-state index is 12.6. The summed E-state index contributed by atoms with van der Waals surface area (Å²) in [6.07, 6.45) is 1.21. The molecule has 2 rings (SSSR count). The van der Waals surface area contributed by atoms with Crippen LogP contribution in [-0.4, -0.2) is 4.98 Å². The van der Waals surface area contributed by atoms with Crippen molar-refractivity contribution < 1.29 is 4.39 Å². The molecule has 0 aliphatic carbocycles. The van der Waals surface area contributed by atoms with Crippen LogP contribution in [0.1, 0.15) is 0 Å². The molecule has 2 aromatic rings. The molecule has 53 valence electrons. The molecule has 1 aromatic carbocycles. The van der Waals surface area contributed by atoms with E-state index in [1.807, 2.05) is 0 Å². The molecule has 0 aliphatic rings. The van der Waals surface area contributed by atoms with Gasteiger partial charge in [-0.05, 0) is 24.3 Å². The lowest BCUT2D eigenvalue weighted by Crippen LogP contribution is -1.79. The summed E-state index contributed by atoms with van der Waals surface area (Å²) in [6, 6.07) is 9.57. The molecular weight excluding hydrogens is 141 g/mol. The highest BCUT2D eigenvalue weighted by atomic mass is 19.1. The number of rotatable bonds is 0. The van der Waals surface area contributed by atoms with Crippen LogP contribution in [0.25, 0.3) is 10.9 Å². The molecule has 2 heteroatoms. The Balaban J connectivity index is 2.83. The van der Waals surface area contributed by atoms with E-state index in [1.165, 1.54) is 12.3 Å². The fourth-order valence-electron chi connectivity index (χ4n) is 0.985. The lowest BCUT2D eigenvalue weighted by molar-refractivity contribution is 0.624. The van der Waals surface area contributed by atoms with E-state index >= 15 is 0 Å². The molecule has 0 bridgehead atoms. The summed E-state index contributed by atoms with van der Waals surface area (Å²) in [5, 5.41) is 0.785. The van der Waals surface area contributed by atoms with E-state index in [9.17, 15) is 4.39 Å². The van der Waals surface area contributed by atoms with Gasteiger partial charge in [-0.3, -0.25) is 4.98 Å². The third kappa shape index (κ3) is 1.07. The van der Waals surface area contributed by atoms with Crippen molar-refractivity contribution in [1.82, 2.24) is 4.98 Å². The van der Waals surface area contributed by atoms with Crippen molar-refractivity contribution in [3.8, 4) is 0 Å². The van der Waals surface area contributed by atoms with Crippen molar-refractivity contribution >= 4 is 10.9 Å². The van der Waals surface area contributed by atoms with Crippen LogP contribution in [0.15, 0.2) is 30.5 Å². The van der Waals surface area contributed by atoms with Gasteiger partial charge in [0, 0.05) is 5.39 Å². The van der Waals surface area contributed by atoms with Gasteiger partial charge >= 0.3 is 0 Å². The minimum absolute atomic E-state index is 0.308. The van der Waals surface area contributed by atoms with Crippen LogP contribution in [0.3, 0.4) is 0 Å². The molecule has 11 heavy (non-hydrogen) atoms. The summed E-state index contributed by atoms with van der Waals surface area (Å²) in [5.41, 5.74) is 0.796. The Morgan fingerprint density at radius 2 is 2.36 bits per heavy atom. The lowest BCUT2D eigenvalue weighted by atomic mass is 10.2. The maximum Gasteiger partial charge on any atom is 0.142 e. The number of fused-ring (bicyclic) bond motifs is 1. The second kappa shape index (κ2) is 2.31. The standard InChI is InChI=1S/C9H5FN/c10-8-5-7-3-1-2-4-9(7)11-6-8/h2-6H. The summed E-state index contributed by atoms with van der Waals surface area (Å²) in [5.74, 6) is -0.308. The number of nitrogens with zero attached hydrogens (tertiary/aromatic N) is 1. The topological polar surface area (TPSA) is 12.9 Å². The third-order valence-corrected chi connectivity index (χ3v) is 1.49. The largest absolute Gasteiger partial charge is 0.253 e. The average molecular weight is 146 g/mol. The SMILES string of the molecule is Fc1cnc2cc[c]cc2c1. The normalized spacial score (nSPS) is 10.3. The molecular formula is C9H5FN. The van der Waals surface area contributed by atoms with E-state index in [-0.39, 0.29) is 5.82 Å². The smallest absolute Gasteiger partial charge is 0.142 e. The first-order chi connectivity index (χ1) is 5.36. The quantitative estimate of drug-likeness (QED) is 0.555. The Labute approximate surface area is 63.5 Å². The first-order valence-electron chi connectivity index (χ1n) is 3.27. The van der Waals surface area contributed by atoms with Crippen LogP contribution in [0.4, 0.5) is 4.39 Å². The Bertz CT molecular complexity index is 384. The highest BCUT2D eigenvalue weighted by Crippen LogP contribution is 2.10. The molecule has 0 saturated carbocycles. The van der Waals surface area contributed by atoms with Gasteiger partial charge in [-0.25, -0.2) is 4.39 Å². The van der Waals surface area contributed by atoms with Gasteiger partial charge in [-0.15, -0.1) is 0 Å². The zero-order valence-corrected chi connectivity index (χ0v) is 5.71. The predicted octanol–water partition coefficient (Wildman–Crippen LogP) is 2.17. The van der Waals surface area contributed by atoms with Crippen molar-refractivity contribution in [3.05, 3.63) is 42.3 Å². The van der Waals surface area contributed by atoms with Crippen LogP contribution in [0.5, 0.6) is 0 Å². The molecule has 0 spiro atoms. The van der Waals surface area contributed by atoms with Gasteiger partial charge in [0.1, 0.15) is 5.82 Å². The Morgan fingerprint density at radius 1 is 1.45 bits per heavy atom. The maximum atomic E-state index is 12.6. The van der Waals surface area contributed by atoms with Gasteiger partial charge in [0.25, 0.3) is 0 Å². The first kappa shape index (κ1) is 6.28. The third-order valence-electron chi connectivity index (χ3n) is 1.49. The fourth-order valence-corrected chi connectivity index (χ4v) is 0.985. The monoisotopic (exact) mass is 146 g/mol. The number of halogens is 1. The zero-order chi connectivity index (χ0) is 7.68. The van der Waals surface area contributed by atoms with E-state index in [2.05, 4.69) is 11.1 Å². The van der Waals surface area contributed by atoms with Crippen molar-refractivity contribution in [3.63, 3.8) is 0 Å². The van der Waals surface area contributed by atoms with Crippen LogP contribution in [0.2, 0.25) is 0 Å². The van der Waals surface area contributed by atoms with E-state index in [0.29, 0.717) is 0 Å². The lowest BCUT2D eigenvalue weighted by Gasteiger charge is -1.93. The highest BCUT2D eigenvalue weighted by Gasteiger charge is 1.93. The highest BCUT2D eigenvalue weighted by molar-refractivity contribution is 5.77. The van der Waals surface area contributed by atoms with Gasteiger partial charge in [0.2, 0.25) is 0 Å². The van der Waals surface area contributed by atoms with Crippen molar-refractivity contribution in [2.75, 3.05) is 0 Å². The van der Waals surface area contributed by atoms with Crippen LogP contribution in [0, 0.1) is 11.9 Å². The second-order valence-corrected chi connectivity index (χ2v) is 2.27. The molecule has 0 aliphatic heterocycles. The summed E-state index contributed by atoms with van der Waals surface area (Å²) in [7, 11) is 0. The molecule has 0 N–H and O–H groups in total. The van der Waals surface area contributed by atoms with Crippen molar-refractivity contribution in [1.29, 1.82) is 0 Å². The second-order valence-electron chi connectivity index (χ2n) is 2.27. The average Bonchev–Trinajstić information content (AvgIpc) is 2.04. The molecule has 0 fully saturated rings. The van der Waals surface area contributed by atoms with E-state index < -0.39 is 0 Å². The minimum atomic E-state index is -0.308. The Hall–Kier alpha value is -1.44. The molecule has 0 unspecified atom stereocenters. The zero-order valence-electron chi connectivity index (χ0n) is 5.71. The molecule has 1 nitrogen and oxygen atoms in total. The summed E-state index contributed by atoms with van der Waals surface area (Å²) in [6.45, 7) is 0. The van der Waals surface area contributed by atoms with Gasteiger partial charge in [0.15, 0.2) is 0 Å². The number of aromatic nitrogens is 1. The molecule has 0 atom stereocenters. The van der Waals surface area contributed by atoms with E-state index in [0.717, 1.165) is 10.9 Å². The first-order valence-corrected chi connectivity index (χ1v) is 3.27. The number of hydrogen-bond acceptors (Lipinski definition) is 1. The minimum Gasteiger partial charge on any atom is -0.253 e. The predicted molar refractivity (Wildman–Crippen MR) is 40.5 cm³/mol.